The summed E-state index contributed by atoms with van der Waals surface area (Å²) < 4.78 is 5.16. The first kappa shape index (κ1) is 21.2. The Balaban J connectivity index is 1.64. The third-order valence-corrected chi connectivity index (χ3v) is 5.44. The Kier molecular flexibility index (Phi) is 6.24. The maximum absolute atomic E-state index is 11.4. The zero-order valence-corrected chi connectivity index (χ0v) is 18.4. The first-order valence-electron chi connectivity index (χ1n) is 10.7. The molecule has 2 aromatic rings. The van der Waals surface area contributed by atoms with Gasteiger partial charge in [0.2, 0.25) is 0 Å². The zero-order chi connectivity index (χ0) is 22.5. The first-order valence-corrected chi connectivity index (χ1v) is 10.7. The van der Waals surface area contributed by atoms with Gasteiger partial charge in [-0.05, 0) is 91.6 Å². The molecule has 0 radical (unpaired) electrons. The van der Waals surface area contributed by atoms with Crippen molar-refractivity contribution in [1.29, 1.82) is 0 Å². The van der Waals surface area contributed by atoms with Gasteiger partial charge in [-0.2, -0.15) is 0 Å². The van der Waals surface area contributed by atoms with Gasteiger partial charge in [-0.15, -0.1) is 0 Å². The Morgan fingerprint density at radius 1 is 0.938 bits per heavy atom. The molecule has 158 valence electrons. The van der Waals surface area contributed by atoms with Crippen LogP contribution in [0.5, 0.6) is 5.75 Å². The quantitative estimate of drug-likeness (QED) is 0.218. The van der Waals surface area contributed by atoms with Crippen LogP contribution in [0.25, 0.3) is 11.1 Å². The van der Waals surface area contributed by atoms with Crippen LogP contribution in [0, 0.1) is 0 Å². The molecule has 0 amide bonds. The van der Waals surface area contributed by atoms with Crippen LogP contribution in [0.1, 0.15) is 26.7 Å². The number of benzene rings is 2. The van der Waals surface area contributed by atoms with Gasteiger partial charge in [0.1, 0.15) is 5.75 Å². The molecule has 0 saturated heterocycles. The highest BCUT2D eigenvalue weighted by Crippen LogP contribution is 2.33. The van der Waals surface area contributed by atoms with Gasteiger partial charge < -0.3 is 9.64 Å². The van der Waals surface area contributed by atoms with Crippen LogP contribution in [0.15, 0.2) is 119 Å². The van der Waals surface area contributed by atoms with Gasteiger partial charge in [-0.25, -0.2) is 4.79 Å². The summed E-state index contributed by atoms with van der Waals surface area (Å²) in [5.41, 5.74) is 14.4. The number of hydrogen-bond donors (Lipinski definition) is 0. The normalized spacial score (nSPS) is 14.7. The topological polar surface area (TPSA) is 29.5 Å². The molecule has 2 aliphatic rings. The molecule has 3 heteroatoms. The van der Waals surface area contributed by atoms with E-state index in [4.69, 9.17) is 4.74 Å². The number of nitrogens with zero attached hydrogens (tertiary/aromatic N) is 1. The molecule has 0 bridgehead atoms. The van der Waals surface area contributed by atoms with E-state index < -0.39 is 5.97 Å². The van der Waals surface area contributed by atoms with E-state index in [9.17, 15) is 4.79 Å². The Bertz CT molecular complexity index is 1240. The molecule has 2 aromatic carbocycles. The van der Waals surface area contributed by atoms with Crippen LogP contribution in [0.3, 0.4) is 0 Å². The van der Waals surface area contributed by atoms with Crippen molar-refractivity contribution >= 4 is 11.7 Å². The molecular formula is C29H25NO2. The Hall–Kier alpha value is -4.03. The minimum absolute atomic E-state index is 0.464. The highest BCUT2D eigenvalue weighted by Gasteiger charge is 2.18. The van der Waals surface area contributed by atoms with Crippen molar-refractivity contribution in [3.63, 3.8) is 0 Å². The number of carbonyl (C=O) groups excluding carboxylic acids is 1. The lowest BCUT2D eigenvalue weighted by Gasteiger charge is -2.29. The highest BCUT2D eigenvalue weighted by atomic mass is 16.5. The Morgan fingerprint density at radius 2 is 1.62 bits per heavy atom. The lowest BCUT2D eigenvalue weighted by molar-refractivity contribution is -0.128. The lowest BCUT2D eigenvalue weighted by atomic mass is 10.0. The molecule has 0 spiro atoms. The summed E-state index contributed by atoms with van der Waals surface area (Å²) in [6, 6.07) is 15.9. The molecule has 3 nitrogen and oxygen atoms in total. The summed E-state index contributed by atoms with van der Waals surface area (Å²) in [4.78, 5) is 13.6. The summed E-state index contributed by atoms with van der Waals surface area (Å²) in [5, 5.41) is 0. The van der Waals surface area contributed by atoms with Gasteiger partial charge in [-0.1, -0.05) is 48.2 Å². The van der Waals surface area contributed by atoms with Gasteiger partial charge >= 0.3 is 5.97 Å². The maximum Gasteiger partial charge on any atom is 0.335 e. The smallest absolute Gasteiger partial charge is 0.335 e. The van der Waals surface area contributed by atoms with Crippen LogP contribution >= 0.6 is 0 Å². The molecule has 0 unspecified atom stereocenters. The Labute approximate surface area is 189 Å². The number of anilines is 1. The van der Waals surface area contributed by atoms with E-state index in [0.717, 1.165) is 47.0 Å². The van der Waals surface area contributed by atoms with E-state index in [0.29, 0.717) is 5.75 Å². The molecule has 0 aliphatic heterocycles. The number of esters is 1. The molecule has 0 N–H and O–H groups in total. The second-order valence-corrected chi connectivity index (χ2v) is 7.85. The van der Waals surface area contributed by atoms with Gasteiger partial charge in [0, 0.05) is 17.5 Å². The number of rotatable bonds is 6. The van der Waals surface area contributed by atoms with Gasteiger partial charge in [0.25, 0.3) is 0 Å². The van der Waals surface area contributed by atoms with Crippen LogP contribution in [-0.2, 0) is 4.79 Å². The molecule has 0 fully saturated rings. The molecule has 0 saturated carbocycles. The van der Waals surface area contributed by atoms with Crippen LogP contribution in [-0.4, -0.2) is 5.97 Å². The fourth-order valence-electron chi connectivity index (χ4n) is 3.63. The maximum atomic E-state index is 11.4. The van der Waals surface area contributed by atoms with Crippen LogP contribution < -0.4 is 9.64 Å². The van der Waals surface area contributed by atoms with Crippen LogP contribution in [0.2, 0.25) is 0 Å². The molecule has 2 aliphatic carbocycles. The van der Waals surface area contributed by atoms with E-state index in [2.05, 4.69) is 78.4 Å². The van der Waals surface area contributed by atoms with Crippen molar-refractivity contribution in [2.24, 2.45) is 0 Å². The third kappa shape index (κ3) is 4.82. The van der Waals surface area contributed by atoms with Crippen molar-refractivity contribution in [1.82, 2.24) is 0 Å². The monoisotopic (exact) mass is 419 g/mol. The molecule has 4 rings (SSSR count). The summed E-state index contributed by atoms with van der Waals surface area (Å²) in [7, 11) is 0. The average Bonchev–Trinajstić information content (AvgIpc) is 2.82. The SMILES string of the molecule is C=CC(=O)Oc1ccc(-c2ccc(N(C3=C=C=C(C)C=C3)C3=CC=C(C)CC3)cc2)cc1. The van der Waals surface area contributed by atoms with Crippen molar-refractivity contribution in [3.05, 3.63) is 119 Å². The van der Waals surface area contributed by atoms with E-state index in [-0.39, 0.29) is 0 Å². The fourth-order valence-corrected chi connectivity index (χ4v) is 3.63. The van der Waals surface area contributed by atoms with Crippen molar-refractivity contribution in [2.45, 2.75) is 26.7 Å². The minimum Gasteiger partial charge on any atom is -0.423 e. The predicted molar refractivity (Wildman–Crippen MR) is 130 cm³/mol. The van der Waals surface area contributed by atoms with Crippen LogP contribution in [0.4, 0.5) is 5.69 Å². The van der Waals surface area contributed by atoms with E-state index in [1.807, 2.05) is 19.1 Å². The van der Waals surface area contributed by atoms with Crippen molar-refractivity contribution in [2.75, 3.05) is 4.90 Å². The average molecular weight is 420 g/mol. The summed E-state index contributed by atoms with van der Waals surface area (Å²) in [6.45, 7) is 7.61. The summed E-state index contributed by atoms with van der Waals surface area (Å²) in [6.07, 6.45) is 11.7. The lowest BCUT2D eigenvalue weighted by Crippen LogP contribution is -2.22. The summed E-state index contributed by atoms with van der Waals surface area (Å²) >= 11 is 0. The number of allylic oxidation sites excluding steroid dienone is 7. The van der Waals surface area contributed by atoms with Gasteiger partial charge in [0.05, 0.1) is 5.70 Å². The van der Waals surface area contributed by atoms with E-state index in [1.165, 1.54) is 11.3 Å². The largest absolute Gasteiger partial charge is 0.423 e. The number of hydrogen-bond acceptors (Lipinski definition) is 3. The molecule has 0 heterocycles. The fraction of sp³-hybridized carbons (Fsp3) is 0.138. The molecule has 32 heavy (non-hydrogen) atoms. The molecular weight excluding hydrogens is 394 g/mol. The number of carbonyl (C=O) groups is 1. The van der Waals surface area contributed by atoms with Crippen molar-refractivity contribution < 1.29 is 9.53 Å². The van der Waals surface area contributed by atoms with E-state index in [1.54, 1.807) is 12.1 Å². The van der Waals surface area contributed by atoms with Crippen molar-refractivity contribution in [3.8, 4) is 16.9 Å². The minimum atomic E-state index is -0.464. The predicted octanol–water partition coefficient (Wildman–Crippen LogP) is 7.03. The second-order valence-electron chi connectivity index (χ2n) is 7.85. The molecule has 0 aromatic heterocycles. The Morgan fingerprint density at radius 3 is 2.19 bits per heavy atom. The number of ether oxygens (including phenoxy) is 1. The van der Waals surface area contributed by atoms with E-state index >= 15 is 0 Å². The molecule has 0 atom stereocenters. The summed E-state index contributed by atoms with van der Waals surface area (Å²) in [5.74, 6) is 0.0367. The first-order chi connectivity index (χ1) is 15.5. The van der Waals surface area contributed by atoms with Gasteiger partial charge in [0.15, 0.2) is 0 Å². The van der Waals surface area contributed by atoms with Gasteiger partial charge in [-0.3, -0.25) is 0 Å². The highest BCUT2D eigenvalue weighted by molar-refractivity contribution is 5.83. The third-order valence-electron chi connectivity index (χ3n) is 5.44. The second kappa shape index (κ2) is 9.41. The standard InChI is InChI=1S/C29H25NO2/c1-4-29(31)32-28-19-11-24(12-20-28)23-9-17-27(18-10-23)30(25-13-5-21(2)6-14-25)26-15-7-22(3)8-16-26/h4-5,7,9-13,15,17-20H,1,6,14H2,2-3H3. The zero-order valence-electron chi connectivity index (χ0n) is 18.4.